The summed E-state index contributed by atoms with van der Waals surface area (Å²) in [4.78, 5) is 1.29. The van der Waals surface area contributed by atoms with E-state index in [1.807, 2.05) is 0 Å². The number of aromatic nitrogens is 4. The van der Waals surface area contributed by atoms with Crippen molar-refractivity contribution in [2.75, 3.05) is 12.3 Å². The SMILES string of the molecule is CC(C)(CO)n1nnc(N)n1. The molecule has 1 rings (SSSR count). The van der Waals surface area contributed by atoms with E-state index in [0.29, 0.717) is 0 Å². The molecule has 6 nitrogen and oxygen atoms in total. The fourth-order valence-electron chi connectivity index (χ4n) is 0.545. The first-order chi connectivity index (χ1) is 5.06. The standard InChI is InChI=1S/C5H11N5O/c1-5(2,3-11)10-8-4(6)7-9-10/h11H,3H2,1-2H3,(H2,6,8). The van der Waals surface area contributed by atoms with E-state index in [2.05, 4.69) is 15.4 Å². The third-order valence-electron chi connectivity index (χ3n) is 1.36. The highest BCUT2D eigenvalue weighted by atomic mass is 16.3. The van der Waals surface area contributed by atoms with Gasteiger partial charge in [-0.25, -0.2) is 0 Å². The maximum Gasteiger partial charge on any atom is 0.260 e. The van der Waals surface area contributed by atoms with Crippen LogP contribution in [0.1, 0.15) is 13.8 Å². The molecule has 1 heterocycles. The second-order valence-electron chi connectivity index (χ2n) is 2.91. The van der Waals surface area contributed by atoms with Crippen LogP contribution in [0.4, 0.5) is 5.95 Å². The van der Waals surface area contributed by atoms with Gasteiger partial charge in [0, 0.05) is 0 Å². The topological polar surface area (TPSA) is 89.8 Å². The number of hydrogen-bond donors (Lipinski definition) is 2. The Hall–Kier alpha value is -1.17. The largest absolute Gasteiger partial charge is 0.394 e. The van der Waals surface area contributed by atoms with E-state index in [-0.39, 0.29) is 12.6 Å². The van der Waals surface area contributed by atoms with Gasteiger partial charge in [-0.05, 0) is 19.1 Å². The summed E-state index contributed by atoms with van der Waals surface area (Å²) in [6, 6.07) is 0. The van der Waals surface area contributed by atoms with Crippen LogP contribution in [-0.2, 0) is 5.54 Å². The quantitative estimate of drug-likeness (QED) is 0.573. The Morgan fingerprint density at radius 1 is 1.64 bits per heavy atom. The van der Waals surface area contributed by atoms with Crippen molar-refractivity contribution in [3.05, 3.63) is 0 Å². The Labute approximate surface area is 64.0 Å². The van der Waals surface area contributed by atoms with Crippen molar-refractivity contribution in [3.8, 4) is 0 Å². The van der Waals surface area contributed by atoms with E-state index in [1.54, 1.807) is 13.8 Å². The molecular weight excluding hydrogens is 146 g/mol. The molecule has 0 radical (unpaired) electrons. The first kappa shape index (κ1) is 7.93. The highest BCUT2D eigenvalue weighted by molar-refractivity contribution is 5.06. The summed E-state index contributed by atoms with van der Waals surface area (Å²) in [7, 11) is 0. The van der Waals surface area contributed by atoms with Crippen LogP contribution in [0.2, 0.25) is 0 Å². The van der Waals surface area contributed by atoms with Crippen molar-refractivity contribution in [3.63, 3.8) is 0 Å². The third-order valence-corrected chi connectivity index (χ3v) is 1.36. The highest BCUT2D eigenvalue weighted by Crippen LogP contribution is 2.09. The van der Waals surface area contributed by atoms with Crippen molar-refractivity contribution in [1.29, 1.82) is 0 Å². The number of rotatable bonds is 2. The molecule has 0 unspecified atom stereocenters. The number of nitrogen functional groups attached to an aromatic ring is 1. The molecule has 0 aromatic carbocycles. The molecule has 0 aliphatic rings. The second-order valence-corrected chi connectivity index (χ2v) is 2.91. The van der Waals surface area contributed by atoms with Gasteiger partial charge in [-0.3, -0.25) is 0 Å². The monoisotopic (exact) mass is 157 g/mol. The number of aliphatic hydroxyl groups is 1. The third kappa shape index (κ3) is 1.45. The lowest BCUT2D eigenvalue weighted by Gasteiger charge is -2.18. The fourth-order valence-corrected chi connectivity index (χ4v) is 0.545. The van der Waals surface area contributed by atoms with Gasteiger partial charge in [-0.2, -0.15) is 4.80 Å². The summed E-state index contributed by atoms with van der Waals surface area (Å²) in [6.07, 6.45) is 0. The van der Waals surface area contributed by atoms with Gasteiger partial charge in [0.2, 0.25) is 0 Å². The van der Waals surface area contributed by atoms with E-state index in [4.69, 9.17) is 10.8 Å². The van der Waals surface area contributed by atoms with Gasteiger partial charge in [-0.15, -0.1) is 5.10 Å². The smallest absolute Gasteiger partial charge is 0.260 e. The number of aliphatic hydroxyl groups excluding tert-OH is 1. The van der Waals surface area contributed by atoms with Crippen LogP contribution in [0.5, 0.6) is 0 Å². The lowest BCUT2D eigenvalue weighted by molar-refractivity contribution is 0.136. The average molecular weight is 157 g/mol. The maximum atomic E-state index is 8.89. The Morgan fingerprint density at radius 3 is 2.64 bits per heavy atom. The van der Waals surface area contributed by atoms with Crippen LogP contribution >= 0.6 is 0 Å². The minimum Gasteiger partial charge on any atom is -0.394 e. The average Bonchev–Trinajstić information content (AvgIpc) is 2.36. The molecule has 1 aromatic rings. The van der Waals surface area contributed by atoms with Crippen LogP contribution in [0, 0.1) is 0 Å². The van der Waals surface area contributed by atoms with Crippen molar-refractivity contribution >= 4 is 5.95 Å². The number of nitrogens with two attached hydrogens (primary N) is 1. The van der Waals surface area contributed by atoms with Gasteiger partial charge >= 0.3 is 0 Å². The van der Waals surface area contributed by atoms with Gasteiger partial charge in [0.15, 0.2) is 0 Å². The van der Waals surface area contributed by atoms with E-state index in [9.17, 15) is 0 Å². The molecule has 11 heavy (non-hydrogen) atoms. The summed E-state index contributed by atoms with van der Waals surface area (Å²) in [5.74, 6) is 0.117. The number of hydrogen-bond acceptors (Lipinski definition) is 5. The lowest BCUT2D eigenvalue weighted by Crippen LogP contribution is -2.32. The first-order valence-electron chi connectivity index (χ1n) is 3.23. The summed E-state index contributed by atoms with van der Waals surface area (Å²) < 4.78 is 0. The summed E-state index contributed by atoms with van der Waals surface area (Å²) in [5.41, 5.74) is 4.71. The zero-order chi connectivity index (χ0) is 8.48. The van der Waals surface area contributed by atoms with Gasteiger partial charge in [0.25, 0.3) is 5.95 Å². The molecule has 3 N–H and O–H groups in total. The Bertz CT molecular complexity index is 243. The fraction of sp³-hybridized carbons (Fsp3) is 0.800. The van der Waals surface area contributed by atoms with Crippen LogP contribution in [0.15, 0.2) is 0 Å². The molecule has 62 valence electrons. The molecule has 6 heteroatoms. The summed E-state index contributed by atoms with van der Waals surface area (Å²) in [5, 5.41) is 19.8. The van der Waals surface area contributed by atoms with Crippen molar-refractivity contribution < 1.29 is 5.11 Å². The highest BCUT2D eigenvalue weighted by Gasteiger charge is 2.21. The van der Waals surface area contributed by atoms with E-state index in [0.717, 1.165) is 0 Å². The normalized spacial score (nSPS) is 11.9. The predicted octanol–water partition coefficient (Wildman–Crippen LogP) is -1.02. The Kier molecular flexibility index (Phi) is 1.77. The minimum absolute atomic E-state index is 0.0528. The molecule has 0 amide bonds. The summed E-state index contributed by atoms with van der Waals surface area (Å²) >= 11 is 0. The van der Waals surface area contributed by atoms with E-state index in [1.165, 1.54) is 4.80 Å². The molecule has 0 spiro atoms. The van der Waals surface area contributed by atoms with Gasteiger partial charge in [-0.1, -0.05) is 5.10 Å². The lowest BCUT2D eigenvalue weighted by atomic mass is 10.1. The molecule has 0 aliphatic heterocycles. The first-order valence-corrected chi connectivity index (χ1v) is 3.23. The number of nitrogens with zero attached hydrogens (tertiary/aromatic N) is 4. The van der Waals surface area contributed by atoms with Crippen LogP contribution in [0.3, 0.4) is 0 Å². The number of tetrazole rings is 1. The zero-order valence-electron chi connectivity index (χ0n) is 6.52. The second kappa shape index (κ2) is 2.46. The van der Waals surface area contributed by atoms with Crippen LogP contribution in [-0.4, -0.2) is 31.9 Å². The molecule has 0 bridgehead atoms. The molecule has 1 aromatic heterocycles. The molecular formula is C5H11N5O. The van der Waals surface area contributed by atoms with E-state index >= 15 is 0 Å². The van der Waals surface area contributed by atoms with Crippen LogP contribution < -0.4 is 5.73 Å². The number of anilines is 1. The van der Waals surface area contributed by atoms with Crippen molar-refractivity contribution in [1.82, 2.24) is 20.2 Å². The zero-order valence-corrected chi connectivity index (χ0v) is 6.52. The van der Waals surface area contributed by atoms with Gasteiger partial charge in [0.05, 0.1) is 6.61 Å². The molecule has 0 aliphatic carbocycles. The maximum absolute atomic E-state index is 8.89. The predicted molar refractivity (Wildman–Crippen MR) is 38.6 cm³/mol. The van der Waals surface area contributed by atoms with Crippen molar-refractivity contribution in [2.24, 2.45) is 0 Å². The molecule has 0 fully saturated rings. The van der Waals surface area contributed by atoms with Crippen molar-refractivity contribution in [2.45, 2.75) is 19.4 Å². The van der Waals surface area contributed by atoms with Gasteiger partial charge < -0.3 is 10.8 Å². The molecule has 0 saturated heterocycles. The summed E-state index contributed by atoms with van der Waals surface area (Å²) in [6.45, 7) is 3.52. The minimum atomic E-state index is -0.537. The van der Waals surface area contributed by atoms with Gasteiger partial charge in [0.1, 0.15) is 5.54 Å². The molecule has 0 saturated carbocycles. The Morgan fingerprint density at radius 2 is 2.27 bits per heavy atom. The van der Waals surface area contributed by atoms with E-state index < -0.39 is 5.54 Å². The molecule has 0 atom stereocenters. The van der Waals surface area contributed by atoms with Crippen LogP contribution in [0.25, 0.3) is 0 Å². The Balaban J connectivity index is 2.92.